The van der Waals surface area contributed by atoms with E-state index < -0.39 is 75.2 Å². The van der Waals surface area contributed by atoms with Crippen molar-refractivity contribution < 1.29 is 39.8 Å². The summed E-state index contributed by atoms with van der Waals surface area (Å²) in [5, 5.41) is 80.4. The monoisotopic (exact) mass is 616 g/mol. The van der Waals surface area contributed by atoms with E-state index in [1.807, 2.05) is 0 Å². The van der Waals surface area contributed by atoms with E-state index in [1.54, 1.807) is 0 Å². The lowest BCUT2D eigenvalue weighted by Gasteiger charge is -1.99. The van der Waals surface area contributed by atoms with Gasteiger partial charge in [0.15, 0.2) is 0 Å². The lowest BCUT2D eigenvalue weighted by molar-refractivity contribution is -0.404. The number of aromatic hydroxyl groups is 2. The van der Waals surface area contributed by atoms with Gasteiger partial charge in [0, 0.05) is 0 Å². The third kappa shape index (κ3) is 12.6. The van der Waals surface area contributed by atoms with Crippen LogP contribution in [0.25, 0.3) is 0 Å². The summed E-state index contributed by atoms with van der Waals surface area (Å²) in [6, 6.07) is 1.79. The number of non-ortho nitro benzene ring substituents is 2. The van der Waals surface area contributed by atoms with Crippen LogP contribution in [0.15, 0.2) is 24.3 Å². The van der Waals surface area contributed by atoms with Gasteiger partial charge >= 0.3 is 22.7 Å². The maximum absolute atomic E-state index is 10.4. The Kier molecular flexibility index (Phi) is 16.2. The highest BCUT2D eigenvalue weighted by atomic mass is 16.7. The van der Waals surface area contributed by atoms with E-state index in [4.69, 9.17) is 21.7 Å². The molecule has 0 aliphatic heterocycles. The molecule has 0 amide bonds. The third-order valence-corrected chi connectivity index (χ3v) is 5.23. The van der Waals surface area contributed by atoms with Crippen LogP contribution in [0.3, 0.4) is 0 Å². The van der Waals surface area contributed by atoms with Crippen molar-refractivity contribution in [2.75, 3.05) is 13.1 Å². The van der Waals surface area contributed by atoms with E-state index >= 15 is 0 Å². The summed E-state index contributed by atoms with van der Waals surface area (Å²) in [4.78, 5) is 55.5. The molecule has 2 rings (SSSR count). The smallest absolute Gasteiger partial charge is 0.324 e. The van der Waals surface area contributed by atoms with Crippen molar-refractivity contribution in [1.29, 1.82) is 0 Å². The van der Waals surface area contributed by atoms with Gasteiger partial charge in [-0.2, -0.15) is 0 Å². The average Bonchev–Trinajstić information content (AvgIpc) is 2.92. The highest BCUT2D eigenvalue weighted by molar-refractivity contribution is 5.65. The van der Waals surface area contributed by atoms with E-state index in [2.05, 4.69) is 0 Å². The molecule has 0 aliphatic rings. The number of nitrogens with two attached hydrogens (primary N) is 2. The molecule has 22 nitrogen and oxygen atoms in total. The Morgan fingerprint density at radius 2 is 0.651 bits per heavy atom. The molecule has 0 bridgehead atoms. The molecular weight excluding hydrogens is 588 g/mol. The lowest BCUT2D eigenvalue weighted by atomic mass is 10.1. The van der Waals surface area contributed by atoms with E-state index in [9.17, 15) is 60.7 Å². The first-order valence-corrected chi connectivity index (χ1v) is 12.1. The summed E-state index contributed by atoms with van der Waals surface area (Å²) in [7, 11) is 0. The maximum atomic E-state index is 10.4. The normalized spacial score (nSPS) is 9.91. The minimum absolute atomic E-state index is 0.447. The molecule has 0 spiro atoms. The second-order valence-corrected chi connectivity index (χ2v) is 8.26. The van der Waals surface area contributed by atoms with E-state index in [1.165, 1.54) is 44.9 Å². The standard InChI is InChI=1S/C9H22N2.2C6H3N3O7/c10-8-6-4-2-1-3-5-7-9-11;2*10-6-4(8(13)14)1-3(7(11)12)2-5(6)9(15)16/h1-11H2;2*1-2,10H. The van der Waals surface area contributed by atoms with Crippen LogP contribution < -0.4 is 11.5 Å². The number of hydrogen-bond acceptors (Lipinski definition) is 16. The van der Waals surface area contributed by atoms with Gasteiger partial charge in [-0.25, -0.2) is 0 Å². The van der Waals surface area contributed by atoms with Crippen molar-refractivity contribution in [2.24, 2.45) is 11.5 Å². The van der Waals surface area contributed by atoms with Crippen molar-refractivity contribution in [3.05, 3.63) is 85.0 Å². The quantitative estimate of drug-likeness (QED) is 0.133. The molecule has 6 N–H and O–H groups in total. The number of benzene rings is 2. The first-order valence-electron chi connectivity index (χ1n) is 12.1. The fourth-order valence-electron chi connectivity index (χ4n) is 3.12. The van der Waals surface area contributed by atoms with Crippen LogP contribution >= 0.6 is 0 Å². The zero-order chi connectivity index (χ0) is 33.3. The van der Waals surface area contributed by atoms with Gasteiger partial charge in [0.25, 0.3) is 22.9 Å². The van der Waals surface area contributed by atoms with Gasteiger partial charge in [0.05, 0.1) is 53.8 Å². The molecule has 0 aliphatic carbocycles. The van der Waals surface area contributed by atoms with E-state index in [-0.39, 0.29) is 0 Å². The Bertz CT molecular complexity index is 1170. The minimum Gasteiger partial charge on any atom is -0.497 e. The van der Waals surface area contributed by atoms with Gasteiger partial charge in [0.1, 0.15) is 0 Å². The molecule has 0 heterocycles. The van der Waals surface area contributed by atoms with E-state index in [0.717, 1.165) is 13.1 Å². The number of hydrogen-bond donors (Lipinski definition) is 4. The van der Waals surface area contributed by atoms with E-state index in [0.29, 0.717) is 24.3 Å². The molecule has 2 aromatic carbocycles. The fraction of sp³-hybridized carbons (Fsp3) is 0.429. The van der Waals surface area contributed by atoms with Gasteiger partial charge < -0.3 is 21.7 Å². The Labute approximate surface area is 240 Å². The molecule has 0 fully saturated rings. The van der Waals surface area contributed by atoms with Crippen molar-refractivity contribution >= 4 is 34.1 Å². The second-order valence-electron chi connectivity index (χ2n) is 8.26. The number of nitrogens with zero attached hydrogens (tertiary/aromatic N) is 6. The Hall–Kier alpha value is -5.64. The number of nitro benzene ring substituents is 6. The third-order valence-electron chi connectivity index (χ3n) is 5.23. The molecule has 0 radical (unpaired) electrons. The molecule has 22 heteroatoms. The molecule has 0 atom stereocenters. The van der Waals surface area contributed by atoms with Gasteiger partial charge in [-0.3, -0.25) is 60.7 Å². The molecule has 0 saturated carbocycles. The Morgan fingerprint density at radius 3 is 0.814 bits per heavy atom. The predicted octanol–water partition coefficient (Wildman–Crippen LogP) is 3.87. The van der Waals surface area contributed by atoms with Crippen molar-refractivity contribution in [3.8, 4) is 11.5 Å². The Morgan fingerprint density at radius 1 is 0.442 bits per heavy atom. The summed E-state index contributed by atoms with van der Waals surface area (Å²) in [5.74, 6) is -2.42. The fourth-order valence-corrected chi connectivity index (χ4v) is 3.12. The predicted molar refractivity (Wildman–Crippen MR) is 147 cm³/mol. The van der Waals surface area contributed by atoms with Crippen LogP contribution in [0, 0.1) is 60.7 Å². The first kappa shape index (κ1) is 37.4. The molecule has 43 heavy (non-hydrogen) atoms. The number of unbranched alkanes of at least 4 members (excludes halogenated alkanes) is 6. The molecule has 0 saturated heterocycles. The average molecular weight is 616 g/mol. The highest BCUT2D eigenvalue weighted by Gasteiger charge is 2.31. The molecule has 2 aromatic rings. The highest BCUT2D eigenvalue weighted by Crippen LogP contribution is 2.40. The summed E-state index contributed by atoms with van der Waals surface area (Å²) in [6.45, 7) is 1.70. The summed E-state index contributed by atoms with van der Waals surface area (Å²) in [5.41, 5.74) is 4.75. The number of nitro groups is 6. The van der Waals surface area contributed by atoms with Crippen LogP contribution in [-0.4, -0.2) is 52.8 Å². The topological polar surface area (TPSA) is 351 Å². The summed E-state index contributed by atoms with van der Waals surface area (Å²) >= 11 is 0. The first-order chi connectivity index (χ1) is 20.1. The van der Waals surface area contributed by atoms with Gasteiger partial charge in [-0.05, 0) is 25.9 Å². The Balaban J connectivity index is 0.000000629. The lowest BCUT2D eigenvalue weighted by Crippen LogP contribution is -1.98. The minimum atomic E-state index is -1.21. The van der Waals surface area contributed by atoms with Crippen LogP contribution in [0.4, 0.5) is 34.1 Å². The van der Waals surface area contributed by atoms with Gasteiger partial charge in [0.2, 0.25) is 0 Å². The number of rotatable bonds is 14. The molecular formula is C21H28N8O14. The number of phenols is 2. The molecule has 0 unspecified atom stereocenters. The van der Waals surface area contributed by atoms with Gasteiger partial charge in [-0.15, -0.1) is 0 Å². The van der Waals surface area contributed by atoms with Crippen LogP contribution in [0.5, 0.6) is 11.5 Å². The number of phenolic OH excluding ortho intramolecular Hbond substituents is 2. The van der Waals surface area contributed by atoms with Crippen molar-refractivity contribution in [2.45, 2.75) is 44.9 Å². The molecule has 236 valence electrons. The maximum Gasteiger partial charge on any atom is 0.324 e. The van der Waals surface area contributed by atoms with Gasteiger partial charge in [-0.1, -0.05) is 32.1 Å². The van der Waals surface area contributed by atoms with Crippen LogP contribution in [-0.2, 0) is 0 Å². The zero-order valence-electron chi connectivity index (χ0n) is 22.3. The molecule has 0 aromatic heterocycles. The van der Waals surface area contributed by atoms with Crippen molar-refractivity contribution in [3.63, 3.8) is 0 Å². The van der Waals surface area contributed by atoms with Crippen LogP contribution in [0.1, 0.15) is 44.9 Å². The van der Waals surface area contributed by atoms with Crippen LogP contribution in [0.2, 0.25) is 0 Å². The summed E-state index contributed by atoms with van der Waals surface area (Å²) in [6.07, 6.45) is 9.05. The second kappa shape index (κ2) is 18.7. The SMILES string of the molecule is NCCCCCCCCCN.O=[N+]([O-])c1cc([N+](=O)[O-])c(O)c([N+](=O)[O-])c1.O=[N+]([O-])c1cc([N+](=O)[O-])c(O)c([N+](=O)[O-])c1. The van der Waals surface area contributed by atoms with Crippen molar-refractivity contribution in [1.82, 2.24) is 0 Å². The summed E-state index contributed by atoms with van der Waals surface area (Å²) < 4.78 is 0. The zero-order valence-corrected chi connectivity index (χ0v) is 22.3. The largest absolute Gasteiger partial charge is 0.497 e.